The zero-order valence-corrected chi connectivity index (χ0v) is 32.4. The summed E-state index contributed by atoms with van der Waals surface area (Å²) < 4.78 is 1.51. The van der Waals surface area contributed by atoms with Crippen LogP contribution in [0.4, 0.5) is 0 Å². The molecule has 0 saturated heterocycles. The van der Waals surface area contributed by atoms with Gasteiger partial charge in [0.2, 0.25) is 11.4 Å². The fraction of sp³-hybridized carbons (Fsp3) is 0.591. The molecule has 2 aromatic carbocycles. The first-order chi connectivity index (χ1) is 22.4. The first-order valence-electron chi connectivity index (χ1n) is 19.1. The van der Waals surface area contributed by atoms with Crippen molar-refractivity contribution in [1.82, 2.24) is 0 Å². The Morgan fingerprint density at radius 2 is 0.915 bits per heavy atom. The van der Waals surface area contributed by atoms with Crippen molar-refractivity contribution in [2.24, 2.45) is 0 Å². The summed E-state index contributed by atoms with van der Waals surface area (Å²) >= 11 is 0. The molecule has 0 unspecified atom stereocenters. The van der Waals surface area contributed by atoms with Gasteiger partial charge in [-0.2, -0.15) is 12.8 Å². The van der Waals surface area contributed by atoms with Crippen LogP contribution >= 0.6 is 0 Å². The Morgan fingerprint density at radius 1 is 0.532 bits per heavy atom. The molecule has 0 spiro atoms. The standard InChI is InChI=1S/C36H52N2.2C4H9.Ni/c1-5-8-11-13-14-16-21-31-23-19-25-33(28-31)36-34(26-17-12-9-6-2)29(4)35(38(36)37)32-24-18-22-30(27-32)20-15-10-7-3;2*1-3-4-2;/h18-19,22-25,27-28H,5-17,20-21,26H2,1-4H3;2*1,3-4H2,2H3;/q;2*-1;+2. The van der Waals surface area contributed by atoms with Gasteiger partial charge in [-0.3, -0.25) is 0 Å². The molecular formula is C44H70N2Ni. The molecule has 1 aliphatic heterocycles. The fourth-order valence-corrected chi connectivity index (χ4v) is 5.83. The molecule has 0 fully saturated rings. The molecule has 0 radical (unpaired) electrons. The van der Waals surface area contributed by atoms with Gasteiger partial charge in [-0.15, -0.1) is 0 Å². The van der Waals surface area contributed by atoms with Gasteiger partial charge in [0, 0.05) is 22.3 Å². The molecule has 0 amide bonds. The van der Waals surface area contributed by atoms with Crippen LogP contribution in [-0.4, -0.2) is 4.70 Å². The molecule has 0 atom stereocenters. The van der Waals surface area contributed by atoms with Gasteiger partial charge in [-0.1, -0.05) is 136 Å². The number of hydrogen-bond donors (Lipinski definition) is 0. The largest absolute Gasteiger partial charge is 2.00 e. The van der Waals surface area contributed by atoms with E-state index >= 15 is 0 Å². The molecule has 0 N–H and O–H groups in total. The summed E-state index contributed by atoms with van der Waals surface area (Å²) in [6.07, 6.45) is 24.3. The van der Waals surface area contributed by atoms with Gasteiger partial charge in [-0.25, -0.2) is 4.70 Å². The third-order valence-electron chi connectivity index (χ3n) is 8.79. The minimum atomic E-state index is 0. The Labute approximate surface area is 302 Å². The molecule has 3 heteroatoms. The third kappa shape index (κ3) is 17.3. The zero-order valence-electron chi connectivity index (χ0n) is 31.4. The van der Waals surface area contributed by atoms with Crippen molar-refractivity contribution in [3.63, 3.8) is 0 Å². The van der Waals surface area contributed by atoms with Crippen molar-refractivity contribution in [1.29, 1.82) is 0 Å². The quantitative estimate of drug-likeness (QED) is 0.0574. The van der Waals surface area contributed by atoms with Crippen LogP contribution in [0.5, 0.6) is 0 Å². The molecule has 2 nitrogen and oxygen atoms in total. The van der Waals surface area contributed by atoms with Crippen LogP contribution in [0.3, 0.4) is 0 Å². The van der Waals surface area contributed by atoms with Crippen LogP contribution in [0.1, 0.15) is 179 Å². The Bertz CT molecular complexity index is 1150. The molecule has 1 aliphatic rings. The summed E-state index contributed by atoms with van der Waals surface area (Å²) in [7, 11) is 0. The number of hydrogen-bond acceptors (Lipinski definition) is 0. The van der Waals surface area contributed by atoms with E-state index in [2.05, 4.69) is 104 Å². The SMILES string of the molecule is CCCCCCCCc1cccc(C2=C(CCCCCC)C(C)=C(c3cccc(CCCCC)c3)[N+]2=[N-])c1.[CH2-]CCC.[CH2-]CCC.[Ni+2]. The third-order valence-corrected chi connectivity index (χ3v) is 8.79. The van der Waals surface area contributed by atoms with Gasteiger partial charge in [0.15, 0.2) is 0 Å². The van der Waals surface area contributed by atoms with Gasteiger partial charge in [-0.05, 0) is 80.8 Å². The smallest absolute Gasteiger partial charge is 0.493 e. The van der Waals surface area contributed by atoms with Crippen molar-refractivity contribution in [3.05, 3.63) is 101 Å². The van der Waals surface area contributed by atoms with Crippen molar-refractivity contribution in [2.75, 3.05) is 0 Å². The van der Waals surface area contributed by atoms with Crippen molar-refractivity contribution >= 4 is 11.4 Å². The monoisotopic (exact) mass is 684 g/mol. The normalized spacial score (nSPS) is 12.4. The molecule has 0 aromatic heterocycles. The number of aryl methyl sites for hydroxylation is 2. The Kier molecular flexibility index (Phi) is 27.8. The van der Waals surface area contributed by atoms with E-state index in [1.807, 2.05) is 0 Å². The second-order valence-corrected chi connectivity index (χ2v) is 13.0. The molecule has 3 rings (SSSR count). The molecule has 2 aromatic rings. The molecule has 0 aliphatic carbocycles. The maximum Gasteiger partial charge on any atom is 2.00 e. The Hall–Kier alpha value is -1.99. The van der Waals surface area contributed by atoms with E-state index in [0.717, 1.165) is 54.6 Å². The predicted octanol–water partition coefficient (Wildman–Crippen LogP) is 14.7. The van der Waals surface area contributed by atoms with E-state index in [4.69, 9.17) is 0 Å². The Morgan fingerprint density at radius 3 is 1.40 bits per heavy atom. The minimum absolute atomic E-state index is 0. The Balaban J connectivity index is 0.00000211. The molecule has 0 saturated carbocycles. The summed E-state index contributed by atoms with van der Waals surface area (Å²) in [5, 5.41) is 0. The van der Waals surface area contributed by atoms with Crippen molar-refractivity contribution in [3.8, 4) is 0 Å². The first kappa shape index (κ1) is 45.0. The number of unbranched alkanes of at least 4 members (excludes halogenated alkanes) is 12. The van der Waals surface area contributed by atoms with Crippen LogP contribution in [0.2, 0.25) is 0 Å². The average Bonchev–Trinajstić information content (AvgIpc) is 3.33. The van der Waals surface area contributed by atoms with Crippen LogP contribution in [0.25, 0.3) is 16.9 Å². The van der Waals surface area contributed by atoms with Crippen LogP contribution in [0.15, 0.2) is 59.7 Å². The number of nitrogens with zero attached hydrogens (tertiary/aromatic N) is 2. The fourth-order valence-electron chi connectivity index (χ4n) is 5.83. The van der Waals surface area contributed by atoms with E-state index in [9.17, 15) is 5.53 Å². The zero-order chi connectivity index (χ0) is 34.0. The minimum Gasteiger partial charge on any atom is -0.493 e. The van der Waals surface area contributed by atoms with E-state index in [1.54, 1.807) is 0 Å². The summed E-state index contributed by atoms with van der Waals surface area (Å²) in [5.41, 5.74) is 21.2. The van der Waals surface area contributed by atoms with E-state index in [0.29, 0.717) is 0 Å². The summed E-state index contributed by atoms with van der Waals surface area (Å²) in [5.74, 6) is 0. The second-order valence-electron chi connectivity index (χ2n) is 13.0. The molecule has 47 heavy (non-hydrogen) atoms. The van der Waals surface area contributed by atoms with E-state index in [1.165, 1.54) is 123 Å². The predicted molar refractivity (Wildman–Crippen MR) is 206 cm³/mol. The topological polar surface area (TPSA) is 25.3 Å². The van der Waals surface area contributed by atoms with Gasteiger partial charge in [0.25, 0.3) is 0 Å². The molecule has 1 heterocycles. The second kappa shape index (κ2) is 29.0. The summed E-state index contributed by atoms with van der Waals surface area (Å²) in [4.78, 5) is 0. The van der Waals surface area contributed by atoms with Crippen molar-refractivity contribution in [2.45, 2.75) is 170 Å². The average molecular weight is 686 g/mol. The van der Waals surface area contributed by atoms with E-state index in [-0.39, 0.29) is 16.5 Å². The van der Waals surface area contributed by atoms with Gasteiger partial charge in [0.1, 0.15) is 0 Å². The van der Waals surface area contributed by atoms with Gasteiger partial charge >= 0.3 is 16.5 Å². The molecular weight excluding hydrogens is 615 g/mol. The maximum absolute atomic E-state index is 11.7. The van der Waals surface area contributed by atoms with Crippen LogP contribution in [-0.2, 0) is 29.3 Å². The number of benzene rings is 2. The first-order valence-corrected chi connectivity index (χ1v) is 19.1. The summed E-state index contributed by atoms with van der Waals surface area (Å²) in [6.45, 7) is 20.5. The maximum atomic E-state index is 11.7. The van der Waals surface area contributed by atoms with E-state index < -0.39 is 0 Å². The van der Waals surface area contributed by atoms with Crippen molar-refractivity contribution < 1.29 is 21.2 Å². The molecule has 266 valence electrons. The molecule has 0 bridgehead atoms. The van der Waals surface area contributed by atoms with Crippen LogP contribution < -0.4 is 0 Å². The number of rotatable bonds is 20. The summed E-state index contributed by atoms with van der Waals surface area (Å²) in [6, 6.07) is 17.8. The van der Waals surface area contributed by atoms with Crippen LogP contribution in [0, 0.1) is 13.8 Å². The van der Waals surface area contributed by atoms with Gasteiger partial charge < -0.3 is 19.4 Å². The van der Waals surface area contributed by atoms with Gasteiger partial charge in [0.05, 0.1) is 0 Å². The number of allylic oxidation sites excluding steroid dienone is 2.